The lowest BCUT2D eigenvalue weighted by molar-refractivity contribution is -0.155. The van der Waals surface area contributed by atoms with E-state index in [0.29, 0.717) is 17.2 Å². The lowest BCUT2D eigenvalue weighted by Crippen LogP contribution is -2.25. The van der Waals surface area contributed by atoms with Gasteiger partial charge >= 0.3 is 11.9 Å². The van der Waals surface area contributed by atoms with Crippen molar-refractivity contribution in [2.24, 2.45) is 0 Å². The van der Waals surface area contributed by atoms with Crippen molar-refractivity contribution < 1.29 is 19.1 Å². The van der Waals surface area contributed by atoms with E-state index in [1.807, 2.05) is 0 Å². The largest absolute Gasteiger partial charge is 0.450 e. The molecule has 16 heavy (non-hydrogen) atoms. The van der Waals surface area contributed by atoms with Crippen molar-refractivity contribution in [2.45, 2.75) is 18.9 Å². The Morgan fingerprint density at radius 1 is 1.38 bits per heavy atom. The molecular formula is C11H9ClO4. The second-order valence-electron chi connectivity index (χ2n) is 3.39. The molecule has 0 bridgehead atoms. The summed E-state index contributed by atoms with van der Waals surface area (Å²) in [5.41, 5.74) is 0. The zero-order chi connectivity index (χ0) is 11.5. The van der Waals surface area contributed by atoms with Gasteiger partial charge in [0.1, 0.15) is 5.75 Å². The zero-order valence-electron chi connectivity index (χ0n) is 8.31. The Morgan fingerprint density at radius 2 is 2.06 bits per heavy atom. The summed E-state index contributed by atoms with van der Waals surface area (Å²) in [6, 6.07) is 6.39. The van der Waals surface area contributed by atoms with E-state index >= 15 is 0 Å². The van der Waals surface area contributed by atoms with E-state index in [0.717, 1.165) is 0 Å². The van der Waals surface area contributed by atoms with Crippen molar-refractivity contribution in [3.63, 3.8) is 0 Å². The van der Waals surface area contributed by atoms with E-state index in [4.69, 9.17) is 21.1 Å². The monoisotopic (exact) mass is 240 g/mol. The van der Waals surface area contributed by atoms with Crippen LogP contribution in [0.25, 0.3) is 0 Å². The SMILES string of the molecule is O=C1CCC(C(=O)Oc2ccc(Cl)cc2)O1. The van der Waals surface area contributed by atoms with Gasteiger partial charge in [0.05, 0.1) is 0 Å². The first-order chi connectivity index (χ1) is 7.65. The summed E-state index contributed by atoms with van der Waals surface area (Å²) in [4.78, 5) is 22.3. The molecule has 1 heterocycles. The molecule has 84 valence electrons. The highest BCUT2D eigenvalue weighted by Crippen LogP contribution is 2.19. The maximum Gasteiger partial charge on any atom is 0.352 e. The Balaban J connectivity index is 1.97. The predicted octanol–water partition coefficient (Wildman–Crippen LogP) is 1.95. The van der Waals surface area contributed by atoms with Crippen molar-refractivity contribution in [2.75, 3.05) is 0 Å². The molecule has 1 saturated heterocycles. The number of benzene rings is 1. The zero-order valence-corrected chi connectivity index (χ0v) is 9.07. The average Bonchev–Trinajstić information content (AvgIpc) is 2.68. The maximum atomic E-state index is 11.5. The predicted molar refractivity (Wildman–Crippen MR) is 56.2 cm³/mol. The number of carbonyl (C=O) groups excluding carboxylic acids is 2. The fraction of sp³-hybridized carbons (Fsp3) is 0.273. The van der Waals surface area contributed by atoms with Crippen molar-refractivity contribution in [1.82, 2.24) is 0 Å². The van der Waals surface area contributed by atoms with Gasteiger partial charge in [-0.1, -0.05) is 11.6 Å². The molecule has 2 rings (SSSR count). The van der Waals surface area contributed by atoms with E-state index < -0.39 is 12.1 Å². The Bertz CT molecular complexity index is 412. The third-order valence-electron chi connectivity index (χ3n) is 2.18. The molecule has 0 aliphatic carbocycles. The molecule has 4 nitrogen and oxygen atoms in total. The van der Waals surface area contributed by atoms with Crippen LogP contribution in [0, 0.1) is 0 Å². The van der Waals surface area contributed by atoms with Crippen molar-refractivity contribution in [3.8, 4) is 5.75 Å². The molecule has 1 aliphatic heterocycles. The quantitative estimate of drug-likeness (QED) is 0.586. The molecule has 1 unspecified atom stereocenters. The number of hydrogen-bond acceptors (Lipinski definition) is 4. The van der Waals surface area contributed by atoms with Gasteiger partial charge in [-0.25, -0.2) is 4.79 Å². The smallest absolute Gasteiger partial charge is 0.352 e. The topological polar surface area (TPSA) is 52.6 Å². The van der Waals surface area contributed by atoms with Gasteiger partial charge < -0.3 is 9.47 Å². The Kier molecular flexibility index (Phi) is 3.10. The third kappa shape index (κ3) is 2.52. The number of esters is 2. The summed E-state index contributed by atoms with van der Waals surface area (Å²) >= 11 is 5.68. The molecule has 1 fully saturated rings. The molecule has 0 amide bonds. The van der Waals surface area contributed by atoms with E-state index in [9.17, 15) is 9.59 Å². The standard InChI is InChI=1S/C11H9ClO4/c12-7-1-3-8(4-2-7)15-11(14)9-5-6-10(13)16-9/h1-4,9H,5-6H2. The highest BCUT2D eigenvalue weighted by molar-refractivity contribution is 6.30. The lowest BCUT2D eigenvalue weighted by Gasteiger charge is -2.08. The molecule has 0 radical (unpaired) electrons. The molecule has 1 atom stereocenters. The maximum absolute atomic E-state index is 11.5. The van der Waals surface area contributed by atoms with Crippen LogP contribution in [-0.4, -0.2) is 18.0 Å². The minimum Gasteiger partial charge on any atom is -0.450 e. The lowest BCUT2D eigenvalue weighted by atomic mass is 10.2. The number of carbonyl (C=O) groups is 2. The van der Waals surface area contributed by atoms with Crippen LogP contribution >= 0.6 is 11.6 Å². The van der Waals surface area contributed by atoms with Gasteiger partial charge in [-0.3, -0.25) is 4.79 Å². The van der Waals surface area contributed by atoms with Gasteiger partial charge in [-0.15, -0.1) is 0 Å². The van der Waals surface area contributed by atoms with Crippen molar-refractivity contribution in [3.05, 3.63) is 29.3 Å². The van der Waals surface area contributed by atoms with Crippen molar-refractivity contribution >= 4 is 23.5 Å². The molecule has 0 aromatic heterocycles. The fourth-order valence-electron chi connectivity index (χ4n) is 1.38. The Labute approximate surface area is 97.1 Å². The van der Waals surface area contributed by atoms with E-state index in [2.05, 4.69) is 0 Å². The molecule has 0 spiro atoms. The second kappa shape index (κ2) is 4.53. The minimum atomic E-state index is -0.775. The summed E-state index contributed by atoms with van der Waals surface area (Å²) < 4.78 is 9.81. The van der Waals surface area contributed by atoms with Crippen LogP contribution in [0.2, 0.25) is 5.02 Å². The van der Waals surface area contributed by atoms with Gasteiger partial charge in [-0.2, -0.15) is 0 Å². The number of cyclic esters (lactones) is 1. The molecule has 1 aromatic rings. The fourth-order valence-corrected chi connectivity index (χ4v) is 1.50. The van der Waals surface area contributed by atoms with Crippen LogP contribution in [0.1, 0.15) is 12.8 Å². The van der Waals surface area contributed by atoms with Crippen molar-refractivity contribution in [1.29, 1.82) is 0 Å². The molecule has 0 N–H and O–H groups in total. The van der Waals surface area contributed by atoms with Gasteiger partial charge in [0.25, 0.3) is 0 Å². The summed E-state index contributed by atoms with van der Waals surface area (Å²) in [6.45, 7) is 0. The van der Waals surface area contributed by atoms with Crippen LogP contribution in [0.15, 0.2) is 24.3 Å². The van der Waals surface area contributed by atoms with Gasteiger partial charge in [0.15, 0.2) is 6.10 Å². The average molecular weight is 241 g/mol. The minimum absolute atomic E-state index is 0.264. The van der Waals surface area contributed by atoms with Gasteiger partial charge in [0, 0.05) is 17.9 Å². The van der Waals surface area contributed by atoms with Gasteiger partial charge in [-0.05, 0) is 24.3 Å². The summed E-state index contributed by atoms with van der Waals surface area (Å²) in [7, 11) is 0. The highest BCUT2D eigenvalue weighted by Gasteiger charge is 2.31. The van der Waals surface area contributed by atoms with Crippen LogP contribution in [0.3, 0.4) is 0 Å². The normalized spacial score (nSPS) is 19.3. The van der Waals surface area contributed by atoms with Crippen LogP contribution in [-0.2, 0) is 14.3 Å². The molecular weight excluding hydrogens is 232 g/mol. The number of halogens is 1. The van der Waals surface area contributed by atoms with E-state index in [1.54, 1.807) is 24.3 Å². The highest BCUT2D eigenvalue weighted by atomic mass is 35.5. The summed E-state index contributed by atoms with van der Waals surface area (Å²) in [5, 5.41) is 0.562. The van der Waals surface area contributed by atoms with E-state index in [1.165, 1.54) is 0 Å². The second-order valence-corrected chi connectivity index (χ2v) is 3.83. The summed E-state index contributed by atoms with van der Waals surface area (Å²) in [5.74, 6) is -0.524. The van der Waals surface area contributed by atoms with Crippen LogP contribution < -0.4 is 4.74 Å². The molecule has 1 aliphatic rings. The van der Waals surface area contributed by atoms with Crippen LogP contribution in [0.4, 0.5) is 0 Å². The van der Waals surface area contributed by atoms with E-state index in [-0.39, 0.29) is 12.4 Å². The summed E-state index contributed by atoms with van der Waals surface area (Å²) in [6.07, 6.45) is -0.130. The molecule has 1 aromatic carbocycles. The Hall–Kier alpha value is -1.55. The third-order valence-corrected chi connectivity index (χ3v) is 2.43. The van der Waals surface area contributed by atoms with Gasteiger partial charge in [0.2, 0.25) is 0 Å². The van der Waals surface area contributed by atoms with Crippen LogP contribution in [0.5, 0.6) is 5.75 Å². The number of hydrogen-bond donors (Lipinski definition) is 0. The first-order valence-electron chi connectivity index (χ1n) is 4.82. The first-order valence-corrected chi connectivity index (χ1v) is 5.20. The molecule has 0 saturated carbocycles. The number of ether oxygens (including phenoxy) is 2. The number of rotatable bonds is 2. The Morgan fingerprint density at radius 3 is 2.62 bits per heavy atom. The first kappa shape index (κ1) is 11.0. The molecule has 5 heteroatoms.